The van der Waals surface area contributed by atoms with E-state index in [4.69, 9.17) is 4.52 Å². The van der Waals surface area contributed by atoms with Crippen molar-refractivity contribution < 1.29 is 14.4 Å². The van der Waals surface area contributed by atoms with Gasteiger partial charge in [0.15, 0.2) is 5.76 Å². The van der Waals surface area contributed by atoms with Crippen LogP contribution in [0.4, 0.5) is 4.79 Å². The summed E-state index contributed by atoms with van der Waals surface area (Å²) >= 11 is 3.42. The Morgan fingerprint density at radius 3 is 2.70 bits per heavy atom. The fourth-order valence-electron chi connectivity index (χ4n) is 3.06. The molecule has 0 spiro atoms. The maximum absolute atomic E-state index is 11.2. The minimum atomic E-state index is -1.02. The van der Waals surface area contributed by atoms with Crippen molar-refractivity contribution in [2.45, 2.75) is 38.6 Å². The van der Waals surface area contributed by atoms with Crippen LogP contribution in [0.5, 0.6) is 0 Å². The summed E-state index contributed by atoms with van der Waals surface area (Å²) in [6.45, 7) is 1.86. The molecule has 0 unspecified atom stereocenters. The van der Waals surface area contributed by atoms with E-state index in [0.29, 0.717) is 11.7 Å². The van der Waals surface area contributed by atoms with Gasteiger partial charge in [-0.25, -0.2) is 4.79 Å². The number of halogens is 1. The first-order valence-electron chi connectivity index (χ1n) is 7.76. The number of benzene rings is 1. The number of carboxylic acid groups (broad SMARTS) is 1. The summed E-state index contributed by atoms with van der Waals surface area (Å²) < 4.78 is 6.50. The van der Waals surface area contributed by atoms with Crippen LogP contribution in [0.25, 0.3) is 11.3 Å². The summed E-state index contributed by atoms with van der Waals surface area (Å²) in [5, 5.41) is 15.9. The lowest BCUT2D eigenvalue weighted by atomic mass is 9.79. The molecule has 23 heavy (non-hydrogen) atoms. The predicted octanol–water partition coefficient (Wildman–Crippen LogP) is 4.91. The molecule has 5 nitrogen and oxygen atoms in total. The third-order valence-corrected chi connectivity index (χ3v) is 4.98. The summed E-state index contributed by atoms with van der Waals surface area (Å²) in [4.78, 5) is 11.2. The molecule has 0 radical (unpaired) electrons. The number of aromatic nitrogens is 1. The molecule has 122 valence electrons. The fraction of sp³-hybridized carbons (Fsp3) is 0.412. The van der Waals surface area contributed by atoms with Gasteiger partial charge in [0.2, 0.25) is 0 Å². The Labute approximate surface area is 143 Å². The highest BCUT2D eigenvalue weighted by molar-refractivity contribution is 9.10. The van der Waals surface area contributed by atoms with Gasteiger partial charge in [-0.05, 0) is 31.4 Å². The number of nitrogens with one attached hydrogen (secondary N) is 1. The number of rotatable bonds is 5. The van der Waals surface area contributed by atoms with Crippen LogP contribution in [0, 0.1) is 12.8 Å². The van der Waals surface area contributed by atoms with E-state index >= 15 is 0 Å². The number of hydrogen-bond donors (Lipinski definition) is 2. The van der Waals surface area contributed by atoms with Gasteiger partial charge in [0.05, 0.1) is 11.7 Å². The van der Waals surface area contributed by atoms with Crippen LogP contribution in [-0.2, 0) is 0 Å². The summed E-state index contributed by atoms with van der Waals surface area (Å²) in [5.41, 5.74) is 2.48. The maximum Gasteiger partial charge on any atom is 0.405 e. The van der Waals surface area contributed by atoms with Crippen LogP contribution in [0.3, 0.4) is 0 Å². The smallest absolute Gasteiger partial charge is 0.405 e. The van der Waals surface area contributed by atoms with Crippen molar-refractivity contribution in [2.24, 2.45) is 5.92 Å². The van der Waals surface area contributed by atoms with E-state index in [-0.39, 0.29) is 6.04 Å². The van der Waals surface area contributed by atoms with E-state index < -0.39 is 6.09 Å². The molecular formula is C17H19BrN2O3. The van der Waals surface area contributed by atoms with E-state index in [1.165, 1.54) is 6.42 Å². The summed E-state index contributed by atoms with van der Waals surface area (Å²) in [5.74, 6) is 1.21. The van der Waals surface area contributed by atoms with Gasteiger partial charge >= 0.3 is 6.09 Å². The van der Waals surface area contributed by atoms with Gasteiger partial charge in [-0.2, -0.15) is 0 Å². The Morgan fingerprint density at radius 2 is 2.13 bits per heavy atom. The Balaban J connectivity index is 1.95. The van der Waals surface area contributed by atoms with Gasteiger partial charge < -0.3 is 14.9 Å². The minimum absolute atomic E-state index is 0.289. The zero-order valence-corrected chi connectivity index (χ0v) is 14.5. The minimum Gasteiger partial charge on any atom is -0.465 e. The standard InChI is InChI=1S/C17H19BrN2O3/c1-10-15(14(19-17(21)22)9-11-3-2-4-11)16(23-20-10)12-5-7-13(18)8-6-12/h5-8,11,14,19H,2-4,9H2,1H3,(H,21,22)/t14-/m1/s1. The van der Waals surface area contributed by atoms with Gasteiger partial charge in [-0.15, -0.1) is 0 Å². The molecule has 0 bridgehead atoms. The quantitative estimate of drug-likeness (QED) is 0.774. The van der Waals surface area contributed by atoms with E-state index in [2.05, 4.69) is 26.4 Å². The van der Waals surface area contributed by atoms with E-state index in [1.807, 2.05) is 31.2 Å². The second-order valence-corrected chi connectivity index (χ2v) is 6.97. The average molecular weight is 379 g/mol. The Kier molecular flexibility index (Phi) is 4.71. The Bertz CT molecular complexity index is 692. The molecule has 1 atom stereocenters. The fourth-order valence-corrected chi connectivity index (χ4v) is 3.32. The van der Waals surface area contributed by atoms with Crippen molar-refractivity contribution in [3.05, 3.63) is 40.0 Å². The van der Waals surface area contributed by atoms with Gasteiger partial charge in [0.1, 0.15) is 0 Å². The third kappa shape index (κ3) is 3.58. The van der Waals surface area contributed by atoms with E-state index in [0.717, 1.165) is 40.6 Å². The van der Waals surface area contributed by atoms with Gasteiger partial charge in [0, 0.05) is 15.6 Å². The topological polar surface area (TPSA) is 75.4 Å². The van der Waals surface area contributed by atoms with Crippen LogP contribution in [-0.4, -0.2) is 16.4 Å². The largest absolute Gasteiger partial charge is 0.465 e. The zero-order valence-electron chi connectivity index (χ0n) is 12.9. The highest BCUT2D eigenvalue weighted by Gasteiger charge is 2.29. The first kappa shape index (κ1) is 16.1. The highest BCUT2D eigenvalue weighted by atomic mass is 79.9. The van der Waals surface area contributed by atoms with Crippen molar-refractivity contribution in [1.82, 2.24) is 10.5 Å². The summed E-state index contributed by atoms with van der Waals surface area (Å²) in [6, 6.07) is 7.46. The molecule has 3 rings (SSSR count). The molecule has 1 aromatic heterocycles. The highest BCUT2D eigenvalue weighted by Crippen LogP contribution is 2.39. The average Bonchev–Trinajstić information content (AvgIpc) is 2.84. The zero-order chi connectivity index (χ0) is 16.4. The monoisotopic (exact) mass is 378 g/mol. The van der Waals surface area contributed by atoms with Gasteiger partial charge in [-0.1, -0.05) is 52.5 Å². The SMILES string of the molecule is Cc1noc(-c2ccc(Br)cc2)c1[C@@H](CC1CCC1)NC(=O)O. The number of carbonyl (C=O) groups is 1. The third-order valence-electron chi connectivity index (χ3n) is 4.45. The van der Waals surface area contributed by atoms with Crippen molar-refractivity contribution in [1.29, 1.82) is 0 Å². The van der Waals surface area contributed by atoms with Crippen LogP contribution >= 0.6 is 15.9 Å². The van der Waals surface area contributed by atoms with E-state index in [9.17, 15) is 9.90 Å². The second-order valence-electron chi connectivity index (χ2n) is 6.05. The molecule has 2 aromatic rings. The van der Waals surface area contributed by atoms with Gasteiger partial charge in [0.25, 0.3) is 0 Å². The first-order chi connectivity index (χ1) is 11.0. The second kappa shape index (κ2) is 6.74. The first-order valence-corrected chi connectivity index (χ1v) is 8.55. The number of aryl methyl sites for hydroxylation is 1. The van der Waals surface area contributed by atoms with Crippen LogP contribution < -0.4 is 5.32 Å². The molecule has 1 aromatic carbocycles. The van der Waals surface area contributed by atoms with E-state index in [1.54, 1.807) is 0 Å². The van der Waals surface area contributed by atoms with Gasteiger partial charge in [-0.3, -0.25) is 0 Å². The van der Waals surface area contributed by atoms with Crippen molar-refractivity contribution in [3.8, 4) is 11.3 Å². The molecule has 1 amide bonds. The van der Waals surface area contributed by atoms with Crippen molar-refractivity contribution >= 4 is 22.0 Å². The molecule has 1 heterocycles. The lowest BCUT2D eigenvalue weighted by Gasteiger charge is -2.29. The van der Waals surface area contributed by atoms with Crippen LogP contribution in [0.15, 0.2) is 33.3 Å². The lowest BCUT2D eigenvalue weighted by molar-refractivity contribution is 0.183. The summed E-state index contributed by atoms with van der Waals surface area (Å²) in [7, 11) is 0. The summed E-state index contributed by atoms with van der Waals surface area (Å²) in [6.07, 6.45) is 3.33. The predicted molar refractivity (Wildman–Crippen MR) is 90.2 cm³/mol. The number of hydrogen-bond acceptors (Lipinski definition) is 3. The normalized spacial score (nSPS) is 15.9. The molecule has 1 fully saturated rings. The molecule has 0 aliphatic heterocycles. The molecule has 1 aliphatic rings. The van der Waals surface area contributed by atoms with Crippen molar-refractivity contribution in [2.75, 3.05) is 0 Å². The molecular weight excluding hydrogens is 360 g/mol. The maximum atomic E-state index is 11.2. The molecule has 0 saturated heterocycles. The Hall–Kier alpha value is -1.82. The molecule has 2 N–H and O–H groups in total. The van der Waals surface area contributed by atoms with Crippen molar-refractivity contribution in [3.63, 3.8) is 0 Å². The number of nitrogens with zero attached hydrogens (tertiary/aromatic N) is 1. The molecule has 6 heteroatoms. The Morgan fingerprint density at radius 1 is 1.43 bits per heavy atom. The molecule has 1 saturated carbocycles. The lowest BCUT2D eigenvalue weighted by Crippen LogP contribution is -2.30. The van der Waals surface area contributed by atoms with Crippen LogP contribution in [0.1, 0.15) is 43.0 Å². The number of amides is 1. The van der Waals surface area contributed by atoms with Crippen LogP contribution in [0.2, 0.25) is 0 Å². The molecule has 1 aliphatic carbocycles.